The summed E-state index contributed by atoms with van der Waals surface area (Å²) >= 11 is 0. The molecule has 164 valence electrons. The number of carbonyl (C=O) groups excluding carboxylic acids is 1. The summed E-state index contributed by atoms with van der Waals surface area (Å²) in [4.78, 5) is 14.2. The van der Waals surface area contributed by atoms with E-state index in [0.717, 1.165) is 18.2 Å². The third-order valence-electron chi connectivity index (χ3n) is 5.15. The van der Waals surface area contributed by atoms with Crippen molar-refractivity contribution in [2.75, 3.05) is 18.0 Å². The summed E-state index contributed by atoms with van der Waals surface area (Å²) in [5.74, 6) is -2.72. The van der Waals surface area contributed by atoms with E-state index in [9.17, 15) is 26.7 Å². The highest BCUT2D eigenvalue weighted by Gasteiger charge is 2.38. The van der Waals surface area contributed by atoms with Crippen LogP contribution in [0.2, 0.25) is 0 Å². The summed E-state index contributed by atoms with van der Waals surface area (Å²) in [6.07, 6.45) is -3.81. The summed E-state index contributed by atoms with van der Waals surface area (Å²) in [6, 6.07) is 5.98. The van der Waals surface area contributed by atoms with Gasteiger partial charge in [0, 0.05) is 31.1 Å². The fourth-order valence-corrected chi connectivity index (χ4v) is 3.50. The summed E-state index contributed by atoms with van der Waals surface area (Å²) in [7, 11) is 0. The molecule has 1 amide bonds. The van der Waals surface area contributed by atoms with Crippen LogP contribution in [-0.2, 0) is 17.5 Å². The van der Waals surface area contributed by atoms with Crippen molar-refractivity contribution in [3.05, 3.63) is 53.4 Å². The summed E-state index contributed by atoms with van der Waals surface area (Å²) in [5, 5.41) is 13.2. The first-order valence-electron chi connectivity index (χ1n) is 9.48. The molecule has 4 rings (SSSR count). The van der Waals surface area contributed by atoms with Crippen LogP contribution in [0.1, 0.15) is 24.2 Å². The molecule has 31 heavy (non-hydrogen) atoms. The molecule has 0 aliphatic carbocycles. The van der Waals surface area contributed by atoms with Crippen LogP contribution in [0.4, 0.5) is 27.8 Å². The number of halogens is 5. The van der Waals surface area contributed by atoms with Gasteiger partial charge in [-0.15, -0.1) is 15.3 Å². The molecule has 2 aromatic heterocycles. The Morgan fingerprint density at radius 1 is 1.10 bits per heavy atom. The van der Waals surface area contributed by atoms with Crippen molar-refractivity contribution in [1.82, 2.24) is 25.1 Å². The van der Waals surface area contributed by atoms with Crippen LogP contribution in [0.5, 0.6) is 0 Å². The first kappa shape index (κ1) is 20.9. The van der Waals surface area contributed by atoms with Gasteiger partial charge in [-0.2, -0.15) is 17.7 Å². The molecule has 1 aliphatic rings. The fourth-order valence-electron chi connectivity index (χ4n) is 3.50. The minimum Gasteiger partial charge on any atom is -0.355 e. The van der Waals surface area contributed by atoms with Gasteiger partial charge in [0.25, 0.3) is 5.82 Å². The van der Waals surface area contributed by atoms with Gasteiger partial charge in [-0.05, 0) is 43.2 Å². The van der Waals surface area contributed by atoms with Crippen LogP contribution < -0.4 is 10.2 Å². The van der Waals surface area contributed by atoms with E-state index in [2.05, 4.69) is 20.6 Å². The molecule has 1 fully saturated rings. The van der Waals surface area contributed by atoms with Gasteiger partial charge in [0.2, 0.25) is 5.91 Å². The SMILES string of the molecule is O=C(NCc1cc(F)ccc1F)C1CCN(c2ccc3nnc(C(F)(F)F)n3n2)CC1. The highest BCUT2D eigenvalue weighted by atomic mass is 19.4. The number of aromatic nitrogens is 4. The standard InChI is InChI=1S/C19H17F5N6O/c20-13-1-2-14(21)12(9-13)10-25-17(31)11-5-7-29(8-6-11)16-4-3-15-26-27-18(19(22,23)24)30(15)28-16/h1-4,9,11H,5-8,10H2,(H,25,31). The zero-order chi connectivity index (χ0) is 22.2. The van der Waals surface area contributed by atoms with Crippen molar-refractivity contribution in [3.8, 4) is 0 Å². The number of nitrogens with one attached hydrogen (secondary N) is 1. The molecule has 0 bridgehead atoms. The largest absolute Gasteiger partial charge is 0.453 e. The lowest BCUT2D eigenvalue weighted by molar-refractivity contribution is -0.146. The summed E-state index contributed by atoms with van der Waals surface area (Å²) < 4.78 is 66.7. The van der Waals surface area contributed by atoms with Gasteiger partial charge in [0.1, 0.15) is 17.5 Å². The predicted molar refractivity (Wildman–Crippen MR) is 98.9 cm³/mol. The normalized spacial score (nSPS) is 15.5. The van der Waals surface area contributed by atoms with Gasteiger partial charge in [-0.3, -0.25) is 4.79 Å². The molecule has 0 radical (unpaired) electrons. The van der Waals surface area contributed by atoms with Crippen molar-refractivity contribution in [1.29, 1.82) is 0 Å². The Hall–Kier alpha value is -3.31. The lowest BCUT2D eigenvalue weighted by Crippen LogP contribution is -2.41. The molecule has 3 aromatic rings. The van der Waals surface area contributed by atoms with Crippen LogP contribution in [0, 0.1) is 17.6 Å². The van der Waals surface area contributed by atoms with Crippen molar-refractivity contribution in [2.24, 2.45) is 5.92 Å². The predicted octanol–water partition coefficient (Wildman–Crippen LogP) is 2.95. The molecule has 12 heteroatoms. The molecule has 0 unspecified atom stereocenters. The number of rotatable bonds is 4. The molecule has 1 N–H and O–H groups in total. The van der Waals surface area contributed by atoms with E-state index in [1.165, 1.54) is 6.07 Å². The maximum absolute atomic E-state index is 13.7. The fraction of sp³-hybridized carbons (Fsp3) is 0.368. The van der Waals surface area contributed by atoms with Crippen molar-refractivity contribution >= 4 is 17.4 Å². The third kappa shape index (κ3) is 4.42. The Kier molecular flexibility index (Phi) is 5.46. The summed E-state index contributed by atoms with van der Waals surface area (Å²) in [6.45, 7) is 0.664. The number of nitrogens with zero attached hydrogens (tertiary/aromatic N) is 5. The highest BCUT2D eigenvalue weighted by molar-refractivity contribution is 5.79. The molecule has 1 aromatic carbocycles. The number of hydrogen-bond acceptors (Lipinski definition) is 5. The van der Waals surface area contributed by atoms with E-state index in [-0.39, 0.29) is 29.6 Å². The van der Waals surface area contributed by atoms with Gasteiger partial charge in [0.05, 0.1) is 0 Å². The Balaban J connectivity index is 1.38. The first-order valence-corrected chi connectivity index (χ1v) is 9.48. The summed E-state index contributed by atoms with van der Waals surface area (Å²) in [5.41, 5.74) is 0.0348. The van der Waals surface area contributed by atoms with Crippen LogP contribution in [0.25, 0.3) is 5.65 Å². The second-order valence-corrected chi connectivity index (χ2v) is 7.20. The average Bonchev–Trinajstić information content (AvgIpc) is 3.18. The van der Waals surface area contributed by atoms with Gasteiger partial charge in [-0.25, -0.2) is 8.78 Å². The van der Waals surface area contributed by atoms with Gasteiger partial charge in [-0.1, -0.05) is 0 Å². The van der Waals surface area contributed by atoms with E-state index < -0.39 is 23.6 Å². The van der Waals surface area contributed by atoms with E-state index in [0.29, 0.717) is 36.3 Å². The quantitative estimate of drug-likeness (QED) is 0.632. The Labute approximate surface area is 172 Å². The topological polar surface area (TPSA) is 75.4 Å². The zero-order valence-corrected chi connectivity index (χ0v) is 16.0. The number of fused-ring (bicyclic) bond motifs is 1. The Morgan fingerprint density at radius 3 is 2.55 bits per heavy atom. The number of alkyl halides is 3. The van der Waals surface area contributed by atoms with Gasteiger partial charge < -0.3 is 10.2 Å². The highest BCUT2D eigenvalue weighted by Crippen LogP contribution is 2.28. The number of carbonyl (C=O) groups is 1. The lowest BCUT2D eigenvalue weighted by atomic mass is 9.96. The second-order valence-electron chi connectivity index (χ2n) is 7.20. The smallest absolute Gasteiger partial charge is 0.355 e. The first-order chi connectivity index (χ1) is 14.7. The van der Waals surface area contributed by atoms with E-state index in [1.807, 2.05) is 0 Å². The Morgan fingerprint density at radius 2 is 1.84 bits per heavy atom. The molecular weight excluding hydrogens is 423 g/mol. The molecule has 1 aliphatic heterocycles. The maximum atomic E-state index is 13.7. The zero-order valence-electron chi connectivity index (χ0n) is 16.0. The molecule has 0 spiro atoms. The average molecular weight is 440 g/mol. The molecule has 0 atom stereocenters. The van der Waals surface area contributed by atoms with Crippen LogP contribution in [-0.4, -0.2) is 38.8 Å². The van der Waals surface area contributed by atoms with E-state index in [4.69, 9.17) is 0 Å². The minimum atomic E-state index is -4.68. The monoisotopic (exact) mass is 440 g/mol. The maximum Gasteiger partial charge on any atom is 0.453 e. The van der Waals surface area contributed by atoms with Crippen LogP contribution >= 0.6 is 0 Å². The van der Waals surface area contributed by atoms with E-state index >= 15 is 0 Å². The number of amides is 1. The number of anilines is 1. The van der Waals surface area contributed by atoms with Crippen molar-refractivity contribution in [2.45, 2.75) is 25.6 Å². The molecule has 1 saturated heterocycles. The number of hydrogen-bond donors (Lipinski definition) is 1. The van der Waals surface area contributed by atoms with Gasteiger partial charge in [0.15, 0.2) is 5.65 Å². The van der Waals surface area contributed by atoms with E-state index in [1.54, 1.807) is 11.0 Å². The molecule has 7 nitrogen and oxygen atoms in total. The lowest BCUT2D eigenvalue weighted by Gasteiger charge is -2.32. The Bertz CT molecular complexity index is 1110. The third-order valence-corrected chi connectivity index (χ3v) is 5.15. The van der Waals surface area contributed by atoms with Crippen molar-refractivity contribution < 1.29 is 26.7 Å². The van der Waals surface area contributed by atoms with Crippen LogP contribution in [0.3, 0.4) is 0 Å². The number of benzene rings is 1. The molecule has 3 heterocycles. The van der Waals surface area contributed by atoms with Crippen LogP contribution in [0.15, 0.2) is 30.3 Å². The second kappa shape index (κ2) is 8.08. The molecule has 0 saturated carbocycles. The van der Waals surface area contributed by atoms with Crippen molar-refractivity contribution in [3.63, 3.8) is 0 Å². The minimum absolute atomic E-state index is 0.0186. The molecular formula is C19H17F5N6O. The van der Waals surface area contributed by atoms with Gasteiger partial charge >= 0.3 is 6.18 Å². The number of piperidine rings is 1.